The number of benzene rings is 6. The summed E-state index contributed by atoms with van der Waals surface area (Å²) in [6.07, 6.45) is 3.28. The van der Waals surface area contributed by atoms with E-state index in [-0.39, 0.29) is 24.8 Å². The first-order valence-electron chi connectivity index (χ1n) is 17.5. The van der Waals surface area contributed by atoms with Crippen LogP contribution in [0.15, 0.2) is 158 Å². The Labute approximate surface area is 293 Å². The average molecular weight is 655 g/mol. The second-order valence-electron chi connectivity index (χ2n) is 13.4. The zero-order chi connectivity index (χ0) is 34.0. The molecule has 0 heterocycles. The molecular formula is C46H38O4. The second-order valence-corrected chi connectivity index (χ2v) is 13.4. The fourth-order valence-corrected chi connectivity index (χ4v) is 8.56. The van der Waals surface area contributed by atoms with Crippen molar-refractivity contribution in [3.8, 4) is 33.8 Å². The van der Waals surface area contributed by atoms with Crippen molar-refractivity contribution in [1.29, 1.82) is 0 Å². The molecule has 0 saturated heterocycles. The molecule has 0 amide bonds. The van der Waals surface area contributed by atoms with E-state index >= 15 is 0 Å². The molecule has 4 nitrogen and oxygen atoms in total. The van der Waals surface area contributed by atoms with Gasteiger partial charge in [-0.05, 0) is 94.5 Å². The SMILES string of the molecule is O=C(CCC1(CCC2(CCC(=O)Oc3ccccc3)c3ccccc3-c3ccccc32)c2ccccc2-c2ccccc21)Oc1ccccc1. The fourth-order valence-electron chi connectivity index (χ4n) is 8.56. The van der Waals surface area contributed by atoms with Crippen LogP contribution in [0.25, 0.3) is 22.3 Å². The monoisotopic (exact) mass is 654 g/mol. The van der Waals surface area contributed by atoms with Crippen LogP contribution in [0.2, 0.25) is 0 Å². The molecule has 6 aromatic rings. The number of para-hydroxylation sites is 2. The fraction of sp³-hybridized carbons (Fsp3) is 0.174. The van der Waals surface area contributed by atoms with E-state index in [1.54, 1.807) is 0 Å². The van der Waals surface area contributed by atoms with Gasteiger partial charge in [-0.15, -0.1) is 0 Å². The van der Waals surface area contributed by atoms with Crippen molar-refractivity contribution in [3.05, 3.63) is 180 Å². The highest BCUT2D eigenvalue weighted by Crippen LogP contribution is 2.59. The van der Waals surface area contributed by atoms with E-state index in [1.807, 2.05) is 60.7 Å². The second kappa shape index (κ2) is 13.3. The summed E-state index contributed by atoms with van der Waals surface area (Å²) >= 11 is 0. The third-order valence-corrected chi connectivity index (χ3v) is 10.8. The van der Waals surface area contributed by atoms with Gasteiger partial charge in [-0.3, -0.25) is 9.59 Å². The molecule has 0 aliphatic heterocycles. The maximum atomic E-state index is 13.4. The lowest BCUT2D eigenvalue weighted by molar-refractivity contribution is -0.135. The van der Waals surface area contributed by atoms with Gasteiger partial charge in [-0.25, -0.2) is 0 Å². The Morgan fingerprint density at radius 3 is 0.960 bits per heavy atom. The Morgan fingerprint density at radius 1 is 0.360 bits per heavy atom. The average Bonchev–Trinajstić information content (AvgIpc) is 3.61. The number of ether oxygens (including phenoxy) is 2. The third-order valence-electron chi connectivity index (χ3n) is 10.8. The van der Waals surface area contributed by atoms with Crippen LogP contribution in [-0.2, 0) is 20.4 Å². The number of hydrogen-bond acceptors (Lipinski definition) is 4. The van der Waals surface area contributed by atoms with Crippen molar-refractivity contribution in [3.63, 3.8) is 0 Å². The highest BCUT2D eigenvalue weighted by atomic mass is 16.5. The molecule has 6 aromatic carbocycles. The summed E-state index contributed by atoms with van der Waals surface area (Å²) in [4.78, 5) is 26.9. The Hall–Kier alpha value is -5.74. The van der Waals surface area contributed by atoms with E-state index in [0.717, 1.165) is 12.8 Å². The normalized spacial score (nSPS) is 14.2. The first-order chi connectivity index (χ1) is 24.6. The largest absolute Gasteiger partial charge is 0.427 e. The van der Waals surface area contributed by atoms with Gasteiger partial charge in [0.05, 0.1) is 0 Å². The van der Waals surface area contributed by atoms with Gasteiger partial charge >= 0.3 is 11.9 Å². The molecule has 0 spiro atoms. The van der Waals surface area contributed by atoms with Gasteiger partial charge in [0.1, 0.15) is 11.5 Å². The molecule has 0 N–H and O–H groups in total. The summed E-state index contributed by atoms with van der Waals surface area (Å²) < 4.78 is 11.6. The number of hydrogen-bond donors (Lipinski definition) is 0. The minimum absolute atomic E-state index is 0.243. The minimum Gasteiger partial charge on any atom is -0.427 e. The zero-order valence-electron chi connectivity index (χ0n) is 27.9. The summed E-state index contributed by atoms with van der Waals surface area (Å²) in [6, 6.07) is 53.1. The summed E-state index contributed by atoms with van der Waals surface area (Å²) in [6.45, 7) is 0. The van der Waals surface area contributed by atoms with Crippen LogP contribution in [0, 0.1) is 0 Å². The predicted octanol–water partition coefficient (Wildman–Crippen LogP) is 10.5. The van der Waals surface area contributed by atoms with Crippen LogP contribution in [0.4, 0.5) is 0 Å². The smallest absolute Gasteiger partial charge is 0.311 e. The van der Waals surface area contributed by atoms with Crippen molar-refractivity contribution < 1.29 is 19.1 Å². The van der Waals surface area contributed by atoms with E-state index in [4.69, 9.17) is 9.47 Å². The Bertz CT molecular complexity index is 1920. The number of rotatable bonds is 11. The van der Waals surface area contributed by atoms with E-state index in [0.29, 0.717) is 24.3 Å². The summed E-state index contributed by atoms with van der Waals surface area (Å²) in [5.41, 5.74) is 8.96. The Morgan fingerprint density at radius 2 is 0.640 bits per heavy atom. The van der Waals surface area contributed by atoms with E-state index < -0.39 is 10.8 Å². The lowest BCUT2D eigenvalue weighted by Gasteiger charge is -2.38. The molecule has 246 valence electrons. The van der Waals surface area contributed by atoms with Crippen LogP contribution >= 0.6 is 0 Å². The van der Waals surface area contributed by atoms with E-state index in [2.05, 4.69) is 97.1 Å². The van der Waals surface area contributed by atoms with Crippen LogP contribution < -0.4 is 9.47 Å². The number of carbonyl (C=O) groups excluding carboxylic acids is 2. The molecule has 2 aliphatic carbocycles. The van der Waals surface area contributed by atoms with Crippen LogP contribution in [-0.4, -0.2) is 11.9 Å². The van der Waals surface area contributed by atoms with Gasteiger partial charge in [0.15, 0.2) is 0 Å². The zero-order valence-corrected chi connectivity index (χ0v) is 27.9. The molecule has 50 heavy (non-hydrogen) atoms. The molecule has 0 fully saturated rings. The minimum atomic E-state index is -0.438. The van der Waals surface area contributed by atoms with Crippen molar-refractivity contribution in [2.24, 2.45) is 0 Å². The molecule has 4 heteroatoms. The van der Waals surface area contributed by atoms with Gasteiger partial charge in [0.2, 0.25) is 0 Å². The van der Waals surface area contributed by atoms with Gasteiger partial charge in [0.25, 0.3) is 0 Å². The molecule has 0 atom stereocenters. The molecule has 0 saturated carbocycles. The third kappa shape index (κ3) is 5.61. The summed E-state index contributed by atoms with van der Waals surface area (Å²) in [5.74, 6) is 0.623. The first-order valence-corrected chi connectivity index (χ1v) is 17.5. The molecule has 8 rings (SSSR count). The molecule has 0 aromatic heterocycles. The molecule has 0 radical (unpaired) electrons. The molecule has 0 bridgehead atoms. The van der Waals surface area contributed by atoms with Gasteiger partial charge < -0.3 is 9.47 Å². The van der Waals surface area contributed by atoms with E-state index in [9.17, 15) is 9.59 Å². The predicted molar refractivity (Wildman–Crippen MR) is 197 cm³/mol. The topological polar surface area (TPSA) is 52.6 Å². The van der Waals surface area contributed by atoms with Crippen LogP contribution in [0.3, 0.4) is 0 Å². The lowest BCUT2D eigenvalue weighted by Crippen LogP contribution is -2.33. The van der Waals surface area contributed by atoms with Crippen molar-refractivity contribution >= 4 is 11.9 Å². The highest BCUT2D eigenvalue weighted by molar-refractivity contribution is 5.84. The Balaban J connectivity index is 1.19. The number of esters is 2. The Kier molecular flexibility index (Phi) is 8.38. The molecular weight excluding hydrogens is 617 g/mol. The number of carbonyl (C=O) groups is 2. The molecule has 2 aliphatic rings. The lowest BCUT2D eigenvalue weighted by atomic mass is 9.64. The number of fused-ring (bicyclic) bond motifs is 6. The van der Waals surface area contributed by atoms with Crippen LogP contribution in [0.1, 0.15) is 60.8 Å². The van der Waals surface area contributed by atoms with Gasteiger partial charge in [0, 0.05) is 23.7 Å². The van der Waals surface area contributed by atoms with Crippen molar-refractivity contribution in [2.45, 2.75) is 49.4 Å². The standard InChI is InChI=1S/C46H38O4/c47-43(49-33-15-3-1-4-16-33)27-29-45(39-23-11-7-19-35(39)36-20-8-12-24-40(36)45)31-32-46(30-28-44(48)50-34-17-5-2-6-18-34)41-25-13-9-21-37(41)38-22-10-14-26-42(38)46/h1-26H,27-32H2. The molecule has 0 unspecified atom stereocenters. The van der Waals surface area contributed by atoms with Crippen molar-refractivity contribution in [2.75, 3.05) is 0 Å². The van der Waals surface area contributed by atoms with Gasteiger partial charge in [-0.2, -0.15) is 0 Å². The van der Waals surface area contributed by atoms with Crippen molar-refractivity contribution in [1.82, 2.24) is 0 Å². The van der Waals surface area contributed by atoms with Gasteiger partial charge in [-0.1, -0.05) is 133 Å². The quantitative estimate of drug-likeness (QED) is 0.103. The summed E-state index contributed by atoms with van der Waals surface area (Å²) in [7, 11) is 0. The maximum absolute atomic E-state index is 13.4. The van der Waals surface area contributed by atoms with Crippen LogP contribution in [0.5, 0.6) is 11.5 Å². The first kappa shape index (κ1) is 31.5. The summed E-state index contributed by atoms with van der Waals surface area (Å²) in [5, 5.41) is 0. The highest BCUT2D eigenvalue weighted by Gasteiger charge is 2.48. The van der Waals surface area contributed by atoms with E-state index in [1.165, 1.54) is 44.5 Å². The maximum Gasteiger partial charge on any atom is 0.311 e.